The Balaban J connectivity index is 1.82. The highest BCUT2D eigenvalue weighted by atomic mass is 79.9. The summed E-state index contributed by atoms with van der Waals surface area (Å²) in [5, 5.41) is 2.87. The lowest BCUT2D eigenvalue weighted by Gasteiger charge is -2.24. The molecule has 1 atom stereocenters. The van der Waals surface area contributed by atoms with Gasteiger partial charge in [0.2, 0.25) is 0 Å². The van der Waals surface area contributed by atoms with Crippen molar-refractivity contribution in [1.29, 1.82) is 0 Å². The molecule has 3 rings (SSSR count). The van der Waals surface area contributed by atoms with Gasteiger partial charge in [0, 0.05) is 10.0 Å². The highest BCUT2D eigenvalue weighted by Crippen LogP contribution is 2.25. The maximum absolute atomic E-state index is 12.6. The van der Waals surface area contributed by atoms with Crippen LogP contribution in [0.4, 0.5) is 0 Å². The summed E-state index contributed by atoms with van der Waals surface area (Å²) in [4.78, 5) is 17.1. The van der Waals surface area contributed by atoms with Gasteiger partial charge in [0.25, 0.3) is 5.91 Å². The van der Waals surface area contributed by atoms with Crippen molar-refractivity contribution in [3.63, 3.8) is 0 Å². The van der Waals surface area contributed by atoms with E-state index in [0.717, 1.165) is 15.7 Å². The number of carbonyl (C=O) groups excluding carboxylic acids is 1. The van der Waals surface area contributed by atoms with Gasteiger partial charge in [-0.15, -0.1) is 0 Å². The van der Waals surface area contributed by atoms with Gasteiger partial charge in [-0.1, -0.05) is 28.1 Å². The molecule has 1 fully saturated rings. The number of sulfone groups is 1. The molecule has 1 aromatic carbocycles. The van der Waals surface area contributed by atoms with Gasteiger partial charge < -0.3 is 5.32 Å². The van der Waals surface area contributed by atoms with Crippen LogP contribution in [0, 0.1) is 6.92 Å². The Morgan fingerprint density at radius 2 is 2.04 bits per heavy atom. The van der Waals surface area contributed by atoms with E-state index in [1.54, 1.807) is 26.0 Å². The zero-order chi connectivity index (χ0) is 18.2. The Morgan fingerprint density at radius 3 is 2.64 bits per heavy atom. The number of aromatic nitrogens is 1. The molecule has 2 heterocycles. The molecule has 1 aromatic heterocycles. The minimum atomic E-state index is -3.07. The zero-order valence-electron chi connectivity index (χ0n) is 14.0. The van der Waals surface area contributed by atoms with Gasteiger partial charge in [-0.25, -0.2) is 8.42 Å². The van der Waals surface area contributed by atoms with E-state index in [0.29, 0.717) is 17.7 Å². The smallest absolute Gasteiger partial charge is 0.253 e. The van der Waals surface area contributed by atoms with Crippen LogP contribution in [0.5, 0.6) is 0 Å². The van der Waals surface area contributed by atoms with Gasteiger partial charge in [0.1, 0.15) is 0 Å². The van der Waals surface area contributed by atoms with E-state index in [1.165, 1.54) is 0 Å². The molecule has 0 radical (unpaired) electrons. The quantitative estimate of drug-likeness (QED) is 0.823. The second-order valence-electron chi connectivity index (χ2n) is 6.70. The topological polar surface area (TPSA) is 76.1 Å². The SMILES string of the molecule is Cc1nc(-c2cccc(Br)c2)ccc1C(=O)NC1(C)CCS(=O)(=O)C1. The third-order valence-corrected chi connectivity index (χ3v) is 6.77. The van der Waals surface area contributed by atoms with E-state index in [9.17, 15) is 13.2 Å². The number of hydrogen-bond acceptors (Lipinski definition) is 4. The van der Waals surface area contributed by atoms with E-state index in [1.807, 2.05) is 24.3 Å². The highest BCUT2D eigenvalue weighted by molar-refractivity contribution is 9.10. The first kappa shape index (κ1) is 18.1. The van der Waals surface area contributed by atoms with Crippen molar-refractivity contribution in [3.05, 3.63) is 52.1 Å². The van der Waals surface area contributed by atoms with E-state index in [2.05, 4.69) is 26.2 Å². The van der Waals surface area contributed by atoms with Gasteiger partial charge in [0.15, 0.2) is 9.84 Å². The van der Waals surface area contributed by atoms with Crippen LogP contribution >= 0.6 is 15.9 Å². The second kappa shape index (κ2) is 6.53. The first-order valence-electron chi connectivity index (χ1n) is 7.94. The summed E-state index contributed by atoms with van der Waals surface area (Å²) in [6.07, 6.45) is 0.434. The summed E-state index contributed by atoms with van der Waals surface area (Å²) in [5.74, 6) is -0.192. The maximum Gasteiger partial charge on any atom is 0.253 e. The summed E-state index contributed by atoms with van der Waals surface area (Å²) in [7, 11) is -3.07. The van der Waals surface area contributed by atoms with Crippen LogP contribution in [-0.2, 0) is 9.84 Å². The molecule has 2 aromatic rings. The molecule has 132 valence electrons. The van der Waals surface area contributed by atoms with Gasteiger partial charge in [0.05, 0.1) is 34.0 Å². The van der Waals surface area contributed by atoms with Crippen molar-refractivity contribution >= 4 is 31.7 Å². The Labute approximate surface area is 155 Å². The summed E-state index contributed by atoms with van der Waals surface area (Å²) in [6, 6.07) is 11.3. The van der Waals surface area contributed by atoms with Crippen molar-refractivity contribution in [3.8, 4) is 11.3 Å². The summed E-state index contributed by atoms with van der Waals surface area (Å²) in [5.41, 5.74) is 2.10. The van der Waals surface area contributed by atoms with Gasteiger partial charge >= 0.3 is 0 Å². The van der Waals surface area contributed by atoms with E-state index in [4.69, 9.17) is 0 Å². The number of benzene rings is 1. The fourth-order valence-corrected chi connectivity index (χ4v) is 5.55. The first-order valence-corrected chi connectivity index (χ1v) is 10.6. The summed E-state index contributed by atoms with van der Waals surface area (Å²) >= 11 is 3.44. The van der Waals surface area contributed by atoms with Crippen LogP contribution in [0.2, 0.25) is 0 Å². The number of pyridine rings is 1. The van der Waals surface area contributed by atoms with Crippen LogP contribution < -0.4 is 5.32 Å². The van der Waals surface area contributed by atoms with Crippen molar-refractivity contribution in [2.24, 2.45) is 0 Å². The Bertz CT molecular complexity index is 943. The van der Waals surface area contributed by atoms with Crippen LogP contribution in [0.25, 0.3) is 11.3 Å². The highest BCUT2D eigenvalue weighted by Gasteiger charge is 2.39. The molecule has 1 aliphatic heterocycles. The van der Waals surface area contributed by atoms with E-state index in [-0.39, 0.29) is 17.4 Å². The zero-order valence-corrected chi connectivity index (χ0v) is 16.4. The molecular formula is C18H19BrN2O3S. The lowest BCUT2D eigenvalue weighted by Crippen LogP contribution is -2.47. The predicted molar refractivity (Wildman–Crippen MR) is 101 cm³/mol. The molecule has 25 heavy (non-hydrogen) atoms. The minimum absolute atomic E-state index is 0.0195. The largest absolute Gasteiger partial charge is 0.346 e. The monoisotopic (exact) mass is 422 g/mol. The van der Waals surface area contributed by atoms with Crippen molar-refractivity contribution in [1.82, 2.24) is 10.3 Å². The fourth-order valence-electron chi connectivity index (χ4n) is 3.06. The Hall–Kier alpha value is -1.73. The average molecular weight is 423 g/mol. The number of carbonyl (C=O) groups is 1. The molecular weight excluding hydrogens is 404 g/mol. The standard InChI is InChI=1S/C18H19BrN2O3S/c1-12-15(17(22)21-18(2)8-9-25(23,24)11-18)6-7-16(20-12)13-4-3-5-14(19)10-13/h3-7,10H,8-9,11H2,1-2H3,(H,21,22). The summed E-state index contributed by atoms with van der Waals surface area (Å²) < 4.78 is 24.3. The molecule has 1 saturated heterocycles. The molecule has 1 N–H and O–H groups in total. The van der Waals surface area contributed by atoms with E-state index >= 15 is 0 Å². The average Bonchev–Trinajstić information content (AvgIpc) is 2.80. The Kier molecular flexibility index (Phi) is 4.72. The van der Waals surface area contributed by atoms with Crippen LogP contribution in [0.3, 0.4) is 0 Å². The van der Waals surface area contributed by atoms with Crippen molar-refractivity contribution in [2.75, 3.05) is 11.5 Å². The Morgan fingerprint density at radius 1 is 1.28 bits per heavy atom. The van der Waals surface area contributed by atoms with Crippen LogP contribution in [0.15, 0.2) is 40.9 Å². The number of amides is 1. The first-order chi connectivity index (χ1) is 11.7. The molecule has 1 amide bonds. The lowest BCUT2D eigenvalue weighted by molar-refractivity contribution is 0.0914. The second-order valence-corrected chi connectivity index (χ2v) is 9.80. The molecule has 7 heteroatoms. The van der Waals surface area contributed by atoms with Gasteiger partial charge in [-0.05, 0) is 44.5 Å². The number of halogens is 1. The van der Waals surface area contributed by atoms with E-state index < -0.39 is 15.4 Å². The molecule has 5 nitrogen and oxygen atoms in total. The minimum Gasteiger partial charge on any atom is -0.346 e. The van der Waals surface area contributed by atoms with Crippen molar-refractivity contribution < 1.29 is 13.2 Å². The molecule has 1 aliphatic rings. The van der Waals surface area contributed by atoms with Crippen LogP contribution in [-0.4, -0.2) is 36.4 Å². The molecule has 0 spiro atoms. The molecule has 0 aliphatic carbocycles. The lowest BCUT2D eigenvalue weighted by atomic mass is 10.0. The molecule has 0 saturated carbocycles. The summed E-state index contributed by atoms with van der Waals surface area (Å²) in [6.45, 7) is 3.55. The third-order valence-electron chi connectivity index (χ3n) is 4.37. The predicted octanol–water partition coefficient (Wildman–Crippen LogP) is 3.13. The molecule has 0 bridgehead atoms. The number of hydrogen-bond donors (Lipinski definition) is 1. The number of aryl methyl sites for hydroxylation is 1. The number of nitrogens with zero attached hydrogens (tertiary/aromatic N) is 1. The number of rotatable bonds is 3. The van der Waals surface area contributed by atoms with Gasteiger partial charge in [-0.2, -0.15) is 0 Å². The fraction of sp³-hybridized carbons (Fsp3) is 0.333. The number of nitrogens with one attached hydrogen (secondary N) is 1. The van der Waals surface area contributed by atoms with Gasteiger partial charge in [-0.3, -0.25) is 9.78 Å². The normalized spacial score (nSPS) is 21.9. The third kappa shape index (κ3) is 4.10. The molecule has 1 unspecified atom stereocenters. The van der Waals surface area contributed by atoms with Crippen LogP contribution in [0.1, 0.15) is 29.4 Å². The van der Waals surface area contributed by atoms with Crippen molar-refractivity contribution in [2.45, 2.75) is 25.8 Å². The maximum atomic E-state index is 12.6.